The number of esters is 1. The monoisotopic (exact) mass is 335 g/mol. The van der Waals surface area contributed by atoms with Crippen molar-refractivity contribution in [1.82, 2.24) is 14.3 Å². The number of imidazole rings is 1. The number of ether oxygens (including phenoxy) is 1. The van der Waals surface area contributed by atoms with Crippen molar-refractivity contribution in [3.05, 3.63) is 23.5 Å². The van der Waals surface area contributed by atoms with Crippen LogP contribution in [-0.4, -0.2) is 45.9 Å². The van der Waals surface area contributed by atoms with Crippen molar-refractivity contribution in [2.24, 2.45) is 11.8 Å². The van der Waals surface area contributed by atoms with E-state index in [0.29, 0.717) is 17.5 Å². The minimum Gasteiger partial charge on any atom is -0.455 e. The molecule has 0 N–H and O–H groups in total. The molecular weight excluding hydrogens is 314 g/mol. The Labute approximate surface area is 139 Å². The number of hydrogen-bond acceptors (Lipinski definition) is 5. The average Bonchev–Trinajstić information content (AvgIpc) is 3.04. The van der Waals surface area contributed by atoms with E-state index in [-0.39, 0.29) is 18.9 Å². The number of likely N-dealkylation sites (tertiary alicyclic amines) is 1. The van der Waals surface area contributed by atoms with Gasteiger partial charge >= 0.3 is 5.97 Å². The van der Waals surface area contributed by atoms with Gasteiger partial charge in [0, 0.05) is 30.9 Å². The highest BCUT2D eigenvalue weighted by atomic mass is 32.1. The maximum absolute atomic E-state index is 12.2. The highest BCUT2D eigenvalue weighted by Crippen LogP contribution is 2.21. The lowest BCUT2D eigenvalue weighted by atomic mass is 9.92. The molecule has 0 saturated carbocycles. The highest BCUT2D eigenvalue weighted by molar-refractivity contribution is 7.15. The average molecular weight is 335 g/mol. The molecule has 1 aliphatic heterocycles. The molecule has 0 spiro atoms. The van der Waals surface area contributed by atoms with Crippen molar-refractivity contribution in [1.29, 1.82) is 0 Å². The van der Waals surface area contributed by atoms with Crippen LogP contribution in [0.5, 0.6) is 0 Å². The Morgan fingerprint density at radius 2 is 2.09 bits per heavy atom. The maximum Gasteiger partial charge on any atom is 0.312 e. The Morgan fingerprint density at radius 1 is 1.35 bits per heavy atom. The number of hydrogen-bond donors (Lipinski definition) is 0. The van der Waals surface area contributed by atoms with Crippen molar-refractivity contribution < 1.29 is 14.3 Å². The van der Waals surface area contributed by atoms with Crippen LogP contribution < -0.4 is 0 Å². The second-order valence-electron chi connectivity index (χ2n) is 6.41. The fraction of sp³-hybridized carbons (Fsp3) is 0.562. The van der Waals surface area contributed by atoms with Crippen LogP contribution in [0.1, 0.15) is 26.0 Å². The fourth-order valence-electron chi connectivity index (χ4n) is 3.16. The molecule has 0 aromatic carbocycles. The third-order valence-electron chi connectivity index (χ3n) is 4.05. The molecule has 0 radical (unpaired) electrons. The minimum absolute atomic E-state index is 0.0918. The number of rotatable bonds is 4. The lowest BCUT2D eigenvalue weighted by molar-refractivity contribution is -0.152. The topological polar surface area (TPSA) is 63.9 Å². The van der Waals surface area contributed by atoms with Crippen LogP contribution in [-0.2, 0) is 20.7 Å². The molecule has 3 heterocycles. The number of carbonyl (C=O) groups excluding carboxylic acids is 2. The zero-order chi connectivity index (χ0) is 16.4. The molecule has 1 aliphatic rings. The van der Waals surface area contributed by atoms with Crippen molar-refractivity contribution in [2.45, 2.75) is 26.7 Å². The number of carbonyl (C=O) groups is 2. The molecule has 2 aromatic rings. The van der Waals surface area contributed by atoms with E-state index >= 15 is 0 Å². The van der Waals surface area contributed by atoms with Gasteiger partial charge in [-0.05, 0) is 18.3 Å². The Balaban J connectivity index is 1.48. The summed E-state index contributed by atoms with van der Waals surface area (Å²) >= 11 is 1.51. The van der Waals surface area contributed by atoms with Crippen molar-refractivity contribution >= 4 is 28.2 Å². The molecule has 2 atom stereocenters. The zero-order valence-corrected chi connectivity index (χ0v) is 14.2. The molecule has 23 heavy (non-hydrogen) atoms. The zero-order valence-electron chi connectivity index (χ0n) is 13.4. The third-order valence-corrected chi connectivity index (χ3v) is 4.82. The fourth-order valence-corrected chi connectivity index (χ4v) is 3.88. The van der Waals surface area contributed by atoms with Gasteiger partial charge in [0.1, 0.15) is 0 Å². The molecule has 0 bridgehead atoms. The number of nitrogens with zero attached hydrogens (tertiary/aromatic N) is 3. The smallest absolute Gasteiger partial charge is 0.312 e. The summed E-state index contributed by atoms with van der Waals surface area (Å²) in [5.41, 5.74) is 0.662. The van der Waals surface area contributed by atoms with E-state index < -0.39 is 5.97 Å². The summed E-state index contributed by atoms with van der Waals surface area (Å²) in [5, 5.41) is 1.93. The van der Waals surface area contributed by atoms with Crippen LogP contribution >= 0.6 is 11.3 Å². The second-order valence-corrected chi connectivity index (χ2v) is 7.28. The standard InChI is InChI=1S/C16H21N3O3S/c1-11-5-12(2)8-19(7-11)14(20)10-22-15(21)6-13-9-18-3-4-23-16(18)17-13/h3-4,9,11-12H,5-8,10H2,1-2H3/t11-,12+. The van der Waals surface area contributed by atoms with Gasteiger partial charge in [0.2, 0.25) is 0 Å². The normalized spacial score (nSPS) is 21.6. The SMILES string of the molecule is C[C@@H]1C[C@H](C)CN(C(=O)COC(=O)Cc2cn3ccsc3n2)C1. The quantitative estimate of drug-likeness (QED) is 0.802. The molecule has 1 saturated heterocycles. The number of thiazole rings is 1. The second kappa shape index (κ2) is 6.70. The minimum atomic E-state index is -0.415. The first kappa shape index (κ1) is 16.0. The summed E-state index contributed by atoms with van der Waals surface area (Å²) in [5.74, 6) is 0.471. The van der Waals surface area contributed by atoms with Gasteiger partial charge in [-0.25, -0.2) is 4.98 Å². The van der Waals surface area contributed by atoms with Gasteiger partial charge in [-0.3, -0.25) is 14.0 Å². The summed E-state index contributed by atoms with van der Waals surface area (Å²) in [6.07, 6.45) is 4.93. The molecule has 1 fully saturated rings. The molecule has 6 nitrogen and oxygen atoms in total. The van der Waals surface area contributed by atoms with E-state index in [1.165, 1.54) is 11.3 Å². The summed E-state index contributed by atoms with van der Waals surface area (Å²) in [6, 6.07) is 0. The molecule has 124 valence electrons. The van der Waals surface area contributed by atoms with Crippen LogP contribution in [0.3, 0.4) is 0 Å². The van der Waals surface area contributed by atoms with E-state index in [0.717, 1.165) is 24.5 Å². The van der Waals surface area contributed by atoms with Crippen LogP contribution in [0.4, 0.5) is 0 Å². The maximum atomic E-state index is 12.2. The van der Waals surface area contributed by atoms with Crippen LogP contribution in [0.25, 0.3) is 4.96 Å². The number of aromatic nitrogens is 2. The number of piperidine rings is 1. The summed E-state index contributed by atoms with van der Waals surface area (Å²) in [4.78, 5) is 31.1. The highest BCUT2D eigenvalue weighted by Gasteiger charge is 2.26. The van der Waals surface area contributed by atoms with Crippen LogP contribution in [0.15, 0.2) is 17.8 Å². The Bertz CT molecular complexity index is 670. The first-order valence-electron chi connectivity index (χ1n) is 7.85. The van der Waals surface area contributed by atoms with Gasteiger partial charge in [0.25, 0.3) is 5.91 Å². The van der Waals surface area contributed by atoms with E-state index in [1.54, 1.807) is 4.90 Å². The summed E-state index contributed by atoms with van der Waals surface area (Å²) in [6.45, 7) is 5.61. The Morgan fingerprint density at radius 3 is 2.78 bits per heavy atom. The lowest BCUT2D eigenvalue weighted by Crippen LogP contribution is -2.44. The first-order chi connectivity index (χ1) is 11.0. The molecule has 0 aliphatic carbocycles. The molecule has 3 rings (SSSR count). The van der Waals surface area contributed by atoms with E-state index in [2.05, 4.69) is 18.8 Å². The van der Waals surface area contributed by atoms with Crippen molar-refractivity contribution in [3.8, 4) is 0 Å². The molecule has 7 heteroatoms. The molecule has 1 amide bonds. The van der Waals surface area contributed by atoms with Crippen LogP contribution in [0.2, 0.25) is 0 Å². The largest absolute Gasteiger partial charge is 0.455 e. The van der Waals surface area contributed by atoms with Crippen molar-refractivity contribution in [3.63, 3.8) is 0 Å². The molecule has 2 aromatic heterocycles. The predicted molar refractivity (Wildman–Crippen MR) is 87.3 cm³/mol. The lowest BCUT2D eigenvalue weighted by Gasteiger charge is -2.34. The predicted octanol–water partition coefficient (Wildman–Crippen LogP) is 1.99. The first-order valence-corrected chi connectivity index (χ1v) is 8.73. The van der Waals surface area contributed by atoms with Gasteiger partial charge < -0.3 is 9.64 Å². The van der Waals surface area contributed by atoms with Gasteiger partial charge in [-0.1, -0.05) is 13.8 Å². The van der Waals surface area contributed by atoms with Gasteiger partial charge in [-0.15, -0.1) is 11.3 Å². The van der Waals surface area contributed by atoms with Gasteiger partial charge in [-0.2, -0.15) is 0 Å². The number of amides is 1. The third kappa shape index (κ3) is 3.90. The Kier molecular flexibility index (Phi) is 4.66. The summed E-state index contributed by atoms with van der Waals surface area (Å²) in [7, 11) is 0. The molecule has 0 unspecified atom stereocenters. The van der Waals surface area contributed by atoms with E-state index in [9.17, 15) is 9.59 Å². The Hall–Kier alpha value is -1.89. The van der Waals surface area contributed by atoms with Crippen LogP contribution in [0, 0.1) is 11.8 Å². The van der Waals surface area contributed by atoms with Crippen molar-refractivity contribution in [2.75, 3.05) is 19.7 Å². The van der Waals surface area contributed by atoms with E-state index in [4.69, 9.17) is 4.74 Å². The summed E-state index contributed by atoms with van der Waals surface area (Å²) < 4.78 is 7.00. The number of fused-ring (bicyclic) bond motifs is 1. The van der Waals surface area contributed by atoms with E-state index in [1.807, 2.05) is 22.2 Å². The molecular formula is C16H21N3O3S. The van der Waals surface area contributed by atoms with Gasteiger partial charge in [0.05, 0.1) is 12.1 Å². The van der Waals surface area contributed by atoms with Gasteiger partial charge in [0.15, 0.2) is 11.6 Å².